The Morgan fingerprint density at radius 3 is 2.78 bits per heavy atom. The number of Topliss-reactive ketones (excluding diaryl/α,β-unsaturated/α-hetero) is 1. The largest absolute Gasteiger partial charge is 0.462 e. The van der Waals surface area contributed by atoms with Crippen LogP contribution in [0.4, 0.5) is 0 Å². The van der Waals surface area contributed by atoms with Gasteiger partial charge in [-0.3, -0.25) is 9.79 Å². The van der Waals surface area contributed by atoms with Gasteiger partial charge in [0, 0.05) is 17.4 Å². The maximum Gasteiger partial charge on any atom is 0.344 e. The number of aliphatic imine (C=N–C) groups is 1. The molecule has 27 heavy (non-hydrogen) atoms. The highest BCUT2D eigenvalue weighted by Gasteiger charge is 2.36. The summed E-state index contributed by atoms with van der Waals surface area (Å²) in [5.41, 5.74) is 6.33. The normalized spacial score (nSPS) is 21.7. The lowest BCUT2D eigenvalue weighted by atomic mass is 9.87. The number of allylic oxidation sites excluding steroid dienone is 1. The number of thioether (sulfide) groups is 1. The Labute approximate surface area is 161 Å². The molecule has 1 aromatic carbocycles. The zero-order valence-corrected chi connectivity index (χ0v) is 16.2. The van der Waals surface area contributed by atoms with E-state index in [1.165, 1.54) is 11.8 Å². The van der Waals surface area contributed by atoms with Gasteiger partial charge in [-0.25, -0.2) is 4.79 Å². The second kappa shape index (κ2) is 8.14. The first-order chi connectivity index (χ1) is 12.9. The predicted molar refractivity (Wildman–Crippen MR) is 103 cm³/mol. The number of nitrogens with zero attached hydrogens (tertiary/aromatic N) is 1. The van der Waals surface area contributed by atoms with Crippen molar-refractivity contribution in [3.63, 3.8) is 0 Å². The first-order valence-electron chi connectivity index (χ1n) is 8.74. The second-order valence-corrected chi connectivity index (χ2v) is 7.37. The van der Waals surface area contributed by atoms with Gasteiger partial charge in [-0.2, -0.15) is 0 Å². The Hall–Kier alpha value is -2.32. The Morgan fingerprint density at radius 2 is 2.07 bits per heavy atom. The van der Waals surface area contributed by atoms with E-state index in [1.54, 1.807) is 38.1 Å². The number of hydrogen-bond acceptors (Lipinski definition) is 8. The molecular weight excluding hydrogens is 368 g/mol. The first-order valence-corrected chi connectivity index (χ1v) is 9.56. The van der Waals surface area contributed by atoms with Crippen LogP contribution in [0.3, 0.4) is 0 Å². The van der Waals surface area contributed by atoms with Gasteiger partial charge >= 0.3 is 5.97 Å². The minimum absolute atomic E-state index is 0.0716. The van der Waals surface area contributed by atoms with E-state index < -0.39 is 18.1 Å². The lowest BCUT2D eigenvalue weighted by molar-refractivity contribution is -0.137. The van der Waals surface area contributed by atoms with Crippen molar-refractivity contribution >= 4 is 28.6 Å². The van der Waals surface area contributed by atoms with Crippen molar-refractivity contribution in [3.8, 4) is 11.5 Å². The molecule has 0 spiro atoms. The van der Waals surface area contributed by atoms with E-state index in [4.69, 9.17) is 19.9 Å². The third kappa shape index (κ3) is 4.17. The fourth-order valence-electron chi connectivity index (χ4n) is 2.91. The summed E-state index contributed by atoms with van der Waals surface area (Å²) >= 11 is 1.22. The summed E-state index contributed by atoms with van der Waals surface area (Å²) in [5, 5.41) is 0.648. The summed E-state index contributed by atoms with van der Waals surface area (Å²) in [6, 6.07) is 5.12. The molecule has 2 heterocycles. The van der Waals surface area contributed by atoms with Gasteiger partial charge in [-0.1, -0.05) is 24.8 Å². The number of ketones is 1. The van der Waals surface area contributed by atoms with Crippen LogP contribution in [0.15, 0.2) is 34.2 Å². The first kappa shape index (κ1) is 19.4. The van der Waals surface area contributed by atoms with Gasteiger partial charge in [0.15, 0.2) is 17.3 Å². The van der Waals surface area contributed by atoms with Gasteiger partial charge in [-0.15, -0.1) is 0 Å². The molecule has 0 radical (unpaired) electrons. The molecule has 0 fully saturated rings. The van der Waals surface area contributed by atoms with Crippen molar-refractivity contribution in [2.45, 2.75) is 26.9 Å². The Balaban J connectivity index is 1.86. The number of carbonyl (C=O) groups excluding carboxylic acids is 2. The van der Waals surface area contributed by atoms with Crippen LogP contribution in [-0.4, -0.2) is 36.4 Å². The number of hydrogen-bond donors (Lipinski definition) is 1. The van der Waals surface area contributed by atoms with E-state index in [2.05, 4.69) is 4.99 Å². The topological polar surface area (TPSA) is 100 Å². The molecule has 2 N–H and O–H groups in total. The molecule has 3 unspecified atom stereocenters. The number of esters is 1. The molecule has 0 saturated carbocycles. The van der Waals surface area contributed by atoms with Crippen LogP contribution in [0, 0.1) is 11.8 Å². The van der Waals surface area contributed by atoms with E-state index in [0.29, 0.717) is 27.0 Å². The second-order valence-electron chi connectivity index (χ2n) is 6.31. The Morgan fingerprint density at radius 1 is 1.33 bits per heavy atom. The van der Waals surface area contributed by atoms with Gasteiger partial charge in [-0.05, 0) is 32.0 Å². The Bertz CT molecular complexity index is 818. The number of benzene rings is 1. The zero-order chi connectivity index (χ0) is 19.6. The summed E-state index contributed by atoms with van der Waals surface area (Å²) in [7, 11) is 0. The molecule has 7 nitrogen and oxygen atoms in total. The van der Waals surface area contributed by atoms with Crippen LogP contribution in [0.5, 0.6) is 11.5 Å². The van der Waals surface area contributed by atoms with Crippen LogP contribution in [-0.2, 0) is 9.53 Å². The maximum atomic E-state index is 13.0. The summed E-state index contributed by atoms with van der Waals surface area (Å²) < 4.78 is 15.7. The minimum Gasteiger partial charge on any atom is -0.462 e. The van der Waals surface area contributed by atoms with Crippen molar-refractivity contribution in [2.24, 2.45) is 22.6 Å². The standard InChI is InChI=1S/C19H22N2O5S/c1-4-24-19(23)16-8-13(18(27-16)21-11(3)20)10(2)17(22)12-5-6-14-15(7-12)26-9-25-14/h5-8,10-11,13H,4,9,20H2,1-3H3/b21-18+. The molecule has 2 aliphatic heterocycles. The molecule has 8 heteroatoms. The van der Waals surface area contributed by atoms with E-state index in [1.807, 2.05) is 6.92 Å². The molecule has 0 aromatic heterocycles. The number of ether oxygens (including phenoxy) is 3. The maximum absolute atomic E-state index is 13.0. The third-order valence-electron chi connectivity index (χ3n) is 4.25. The molecule has 2 aliphatic rings. The average Bonchev–Trinajstić information content (AvgIpc) is 3.26. The van der Waals surface area contributed by atoms with E-state index in [-0.39, 0.29) is 25.1 Å². The van der Waals surface area contributed by atoms with Gasteiger partial charge in [0.25, 0.3) is 0 Å². The van der Waals surface area contributed by atoms with Gasteiger partial charge < -0.3 is 19.9 Å². The predicted octanol–water partition coefficient (Wildman–Crippen LogP) is 2.75. The zero-order valence-electron chi connectivity index (χ0n) is 15.4. The smallest absolute Gasteiger partial charge is 0.344 e. The van der Waals surface area contributed by atoms with Crippen LogP contribution < -0.4 is 15.2 Å². The molecule has 0 aliphatic carbocycles. The third-order valence-corrected chi connectivity index (χ3v) is 5.36. The highest BCUT2D eigenvalue weighted by atomic mass is 32.2. The van der Waals surface area contributed by atoms with Crippen LogP contribution in [0.1, 0.15) is 31.1 Å². The quantitative estimate of drug-likeness (QED) is 0.589. The van der Waals surface area contributed by atoms with Crippen molar-refractivity contribution in [3.05, 3.63) is 34.7 Å². The van der Waals surface area contributed by atoms with Gasteiger partial charge in [0.2, 0.25) is 6.79 Å². The van der Waals surface area contributed by atoms with E-state index in [9.17, 15) is 9.59 Å². The fraction of sp³-hybridized carbons (Fsp3) is 0.421. The summed E-state index contributed by atoms with van der Waals surface area (Å²) in [4.78, 5) is 30.0. The van der Waals surface area contributed by atoms with Crippen LogP contribution >= 0.6 is 11.8 Å². The van der Waals surface area contributed by atoms with E-state index in [0.717, 1.165) is 0 Å². The molecule has 0 saturated heterocycles. The number of fused-ring (bicyclic) bond motifs is 1. The van der Waals surface area contributed by atoms with Crippen molar-refractivity contribution < 1.29 is 23.8 Å². The highest BCUT2D eigenvalue weighted by Crippen LogP contribution is 2.39. The fourth-order valence-corrected chi connectivity index (χ4v) is 4.12. The lowest BCUT2D eigenvalue weighted by Gasteiger charge is -2.18. The molecule has 3 atom stereocenters. The molecular formula is C19H22N2O5S. The van der Waals surface area contributed by atoms with Crippen molar-refractivity contribution in [2.75, 3.05) is 13.4 Å². The van der Waals surface area contributed by atoms with Gasteiger partial charge in [0.1, 0.15) is 0 Å². The van der Waals surface area contributed by atoms with Crippen molar-refractivity contribution in [1.29, 1.82) is 0 Å². The molecule has 0 bridgehead atoms. The monoisotopic (exact) mass is 390 g/mol. The molecule has 1 aromatic rings. The van der Waals surface area contributed by atoms with Gasteiger partial charge in [0.05, 0.1) is 22.7 Å². The molecule has 144 valence electrons. The SMILES string of the molecule is CCOC(=O)C1=CC(C(C)C(=O)c2ccc3c(c2)OCO3)/C(=N\C(C)N)S1. The average molecular weight is 390 g/mol. The molecule has 3 rings (SSSR count). The van der Waals surface area contributed by atoms with Crippen LogP contribution in [0.25, 0.3) is 0 Å². The van der Waals surface area contributed by atoms with Crippen molar-refractivity contribution in [1.82, 2.24) is 0 Å². The number of rotatable bonds is 6. The number of nitrogens with two attached hydrogens (primary N) is 1. The highest BCUT2D eigenvalue weighted by molar-refractivity contribution is 8.18. The van der Waals surface area contributed by atoms with Crippen LogP contribution in [0.2, 0.25) is 0 Å². The summed E-state index contributed by atoms with van der Waals surface area (Å²) in [6.45, 7) is 5.75. The Kier molecular flexibility index (Phi) is 5.86. The molecule has 0 amide bonds. The van der Waals surface area contributed by atoms with E-state index >= 15 is 0 Å². The summed E-state index contributed by atoms with van der Waals surface area (Å²) in [5.74, 6) is -0.0660. The number of carbonyl (C=O) groups is 2. The summed E-state index contributed by atoms with van der Waals surface area (Å²) in [6.07, 6.45) is 1.32. The lowest BCUT2D eigenvalue weighted by Crippen LogP contribution is -2.25. The minimum atomic E-state index is -0.433.